The van der Waals surface area contributed by atoms with Gasteiger partial charge >= 0.3 is 6.03 Å². The van der Waals surface area contributed by atoms with Gasteiger partial charge in [-0.2, -0.15) is 0 Å². The molecule has 1 fully saturated rings. The van der Waals surface area contributed by atoms with E-state index >= 15 is 0 Å². The predicted octanol–water partition coefficient (Wildman–Crippen LogP) is 3.46. The van der Waals surface area contributed by atoms with Crippen LogP contribution in [-0.2, 0) is 11.3 Å². The lowest BCUT2D eigenvalue weighted by Gasteiger charge is -2.13. The summed E-state index contributed by atoms with van der Waals surface area (Å²) in [7, 11) is 4.54. The summed E-state index contributed by atoms with van der Waals surface area (Å²) < 4.78 is 15.9. The first-order valence-electron chi connectivity index (χ1n) is 8.35. The summed E-state index contributed by atoms with van der Waals surface area (Å²) in [6.07, 6.45) is 1.54. The lowest BCUT2D eigenvalue weighted by molar-refractivity contribution is -0.123. The first-order chi connectivity index (χ1) is 13.5. The summed E-state index contributed by atoms with van der Waals surface area (Å²) in [6, 6.07) is 9.78. The summed E-state index contributed by atoms with van der Waals surface area (Å²) in [5.41, 5.74) is 1.50. The van der Waals surface area contributed by atoms with Gasteiger partial charge in [-0.1, -0.05) is 23.7 Å². The van der Waals surface area contributed by atoms with Gasteiger partial charge < -0.3 is 19.5 Å². The minimum Gasteiger partial charge on any atom is -0.496 e. The van der Waals surface area contributed by atoms with E-state index in [9.17, 15) is 9.59 Å². The average Bonchev–Trinajstić information content (AvgIpc) is 2.96. The Hall–Kier alpha value is -3.19. The molecule has 1 aliphatic rings. The van der Waals surface area contributed by atoms with E-state index in [1.165, 1.54) is 21.3 Å². The van der Waals surface area contributed by atoms with Gasteiger partial charge in [-0.15, -0.1) is 0 Å². The maximum Gasteiger partial charge on any atom is 0.329 e. The first-order valence-corrected chi connectivity index (χ1v) is 8.73. The van der Waals surface area contributed by atoms with Gasteiger partial charge in [-0.25, -0.2) is 4.79 Å². The van der Waals surface area contributed by atoms with Crippen molar-refractivity contribution < 1.29 is 23.8 Å². The second-order valence-corrected chi connectivity index (χ2v) is 6.39. The molecule has 1 N–H and O–H groups in total. The van der Waals surface area contributed by atoms with Crippen LogP contribution in [0.2, 0.25) is 5.02 Å². The molecule has 0 radical (unpaired) electrons. The molecule has 2 aromatic rings. The summed E-state index contributed by atoms with van der Waals surface area (Å²) in [5.74, 6) is 1.01. The van der Waals surface area contributed by atoms with Crippen molar-refractivity contribution in [2.45, 2.75) is 6.54 Å². The minimum atomic E-state index is -0.495. The number of urea groups is 1. The smallest absolute Gasteiger partial charge is 0.329 e. The van der Waals surface area contributed by atoms with Crippen LogP contribution in [0.1, 0.15) is 11.1 Å². The van der Waals surface area contributed by atoms with Gasteiger partial charge in [0.15, 0.2) is 11.5 Å². The van der Waals surface area contributed by atoms with Gasteiger partial charge in [-0.3, -0.25) is 9.69 Å². The third-order valence-electron chi connectivity index (χ3n) is 4.25. The molecule has 0 bridgehead atoms. The molecule has 28 heavy (non-hydrogen) atoms. The van der Waals surface area contributed by atoms with E-state index in [4.69, 9.17) is 25.8 Å². The van der Waals surface area contributed by atoms with Crippen LogP contribution < -0.4 is 19.5 Å². The van der Waals surface area contributed by atoms with Crippen molar-refractivity contribution in [2.75, 3.05) is 21.3 Å². The lowest BCUT2D eigenvalue weighted by Crippen LogP contribution is -2.30. The Bertz CT molecular complexity index is 940. The van der Waals surface area contributed by atoms with Gasteiger partial charge in [-0.05, 0) is 29.8 Å². The Kier molecular flexibility index (Phi) is 5.75. The van der Waals surface area contributed by atoms with Gasteiger partial charge in [0.25, 0.3) is 5.91 Å². The molecule has 1 saturated heterocycles. The highest BCUT2D eigenvalue weighted by Gasteiger charge is 2.33. The SMILES string of the molecule is COc1cc(OC)c(OC)cc1/C=C1/NC(=O)N(Cc2ccc(Cl)cc2)C1=O. The van der Waals surface area contributed by atoms with E-state index in [0.717, 1.165) is 10.5 Å². The molecular formula is C20H19ClN2O5. The molecule has 2 aromatic carbocycles. The number of ether oxygens (including phenoxy) is 3. The molecule has 0 unspecified atom stereocenters. The highest BCUT2D eigenvalue weighted by atomic mass is 35.5. The van der Waals surface area contributed by atoms with Crippen LogP contribution in [0.25, 0.3) is 6.08 Å². The second kappa shape index (κ2) is 8.22. The number of carbonyl (C=O) groups is 2. The molecule has 1 heterocycles. The number of rotatable bonds is 6. The standard InChI is InChI=1S/C20H19ClN2O5/c1-26-16-10-18(28-3)17(27-2)9-13(16)8-15-19(24)23(20(25)22-15)11-12-4-6-14(21)7-5-12/h4-10H,11H2,1-3H3,(H,22,25)/b15-8+. The summed E-state index contributed by atoms with van der Waals surface area (Å²) in [6.45, 7) is 0.141. The zero-order valence-electron chi connectivity index (χ0n) is 15.6. The number of amides is 3. The number of hydrogen-bond acceptors (Lipinski definition) is 5. The molecule has 3 rings (SSSR count). The summed E-state index contributed by atoms with van der Waals surface area (Å²) in [5, 5.41) is 3.18. The third-order valence-corrected chi connectivity index (χ3v) is 4.50. The number of nitrogens with one attached hydrogen (secondary N) is 1. The molecular weight excluding hydrogens is 384 g/mol. The molecule has 0 aromatic heterocycles. The molecule has 0 aliphatic carbocycles. The number of hydrogen-bond donors (Lipinski definition) is 1. The Morgan fingerprint density at radius 3 is 2.18 bits per heavy atom. The van der Waals surface area contributed by atoms with E-state index < -0.39 is 11.9 Å². The van der Waals surface area contributed by atoms with Crippen LogP contribution in [0, 0.1) is 0 Å². The van der Waals surface area contributed by atoms with Crippen LogP contribution in [0.4, 0.5) is 4.79 Å². The van der Waals surface area contributed by atoms with E-state index in [0.29, 0.717) is 27.8 Å². The lowest BCUT2D eigenvalue weighted by atomic mass is 10.1. The van der Waals surface area contributed by atoms with E-state index in [-0.39, 0.29) is 12.2 Å². The fourth-order valence-electron chi connectivity index (χ4n) is 2.81. The summed E-state index contributed by atoms with van der Waals surface area (Å²) in [4.78, 5) is 26.1. The Morgan fingerprint density at radius 1 is 0.964 bits per heavy atom. The van der Waals surface area contributed by atoms with Crippen LogP contribution >= 0.6 is 11.6 Å². The van der Waals surface area contributed by atoms with Crippen molar-refractivity contribution in [3.8, 4) is 17.2 Å². The van der Waals surface area contributed by atoms with Crippen molar-refractivity contribution in [1.82, 2.24) is 10.2 Å². The van der Waals surface area contributed by atoms with Gasteiger partial charge in [0, 0.05) is 16.7 Å². The molecule has 8 heteroatoms. The molecule has 0 spiro atoms. The largest absolute Gasteiger partial charge is 0.496 e. The maximum absolute atomic E-state index is 12.7. The zero-order valence-corrected chi connectivity index (χ0v) is 16.4. The minimum absolute atomic E-state index is 0.141. The second-order valence-electron chi connectivity index (χ2n) is 5.96. The number of halogens is 1. The fraction of sp³-hybridized carbons (Fsp3) is 0.200. The van der Waals surface area contributed by atoms with Crippen molar-refractivity contribution in [3.05, 3.63) is 58.2 Å². The molecule has 0 saturated carbocycles. The van der Waals surface area contributed by atoms with Crippen LogP contribution in [0.15, 0.2) is 42.1 Å². The van der Waals surface area contributed by atoms with Crippen LogP contribution in [0.5, 0.6) is 17.2 Å². The van der Waals surface area contributed by atoms with Crippen molar-refractivity contribution in [1.29, 1.82) is 0 Å². The van der Waals surface area contributed by atoms with Crippen molar-refractivity contribution in [3.63, 3.8) is 0 Å². The van der Waals surface area contributed by atoms with E-state index in [2.05, 4.69) is 5.32 Å². The van der Waals surface area contributed by atoms with Gasteiger partial charge in [0.2, 0.25) is 0 Å². The number of nitrogens with zero attached hydrogens (tertiary/aromatic N) is 1. The van der Waals surface area contributed by atoms with Crippen molar-refractivity contribution in [2.24, 2.45) is 0 Å². The number of benzene rings is 2. The number of imide groups is 1. The Labute approximate surface area is 167 Å². The predicted molar refractivity (Wildman–Crippen MR) is 105 cm³/mol. The quantitative estimate of drug-likeness (QED) is 0.591. The van der Waals surface area contributed by atoms with Gasteiger partial charge in [0.1, 0.15) is 11.4 Å². The topological polar surface area (TPSA) is 77.1 Å². The maximum atomic E-state index is 12.7. The number of carbonyl (C=O) groups excluding carboxylic acids is 2. The normalized spacial score (nSPS) is 15.0. The highest BCUT2D eigenvalue weighted by molar-refractivity contribution is 6.30. The van der Waals surface area contributed by atoms with Crippen LogP contribution in [0.3, 0.4) is 0 Å². The van der Waals surface area contributed by atoms with E-state index in [1.807, 2.05) is 0 Å². The van der Waals surface area contributed by atoms with E-state index in [1.54, 1.807) is 42.5 Å². The zero-order chi connectivity index (χ0) is 20.3. The molecule has 3 amide bonds. The van der Waals surface area contributed by atoms with Crippen LogP contribution in [-0.4, -0.2) is 38.2 Å². The monoisotopic (exact) mass is 402 g/mol. The molecule has 146 valence electrons. The molecule has 1 aliphatic heterocycles. The summed E-state index contributed by atoms with van der Waals surface area (Å²) >= 11 is 5.87. The third kappa shape index (κ3) is 3.89. The molecule has 7 nitrogen and oxygen atoms in total. The first kappa shape index (κ1) is 19.6. The Morgan fingerprint density at radius 2 is 1.57 bits per heavy atom. The average molecular weight is 403 g/mol. The number of methoxy groups -OCH3 is 3. The molecule has 0 atom stereocenters. The Balaban J connectivity index is 1.90. The van der Waals surface area contributed by atoms with Gasteiger partial charge in [0.05, 0.1) is 27.9 Å². The highest BCUT2D eigenvalue weighted by Crippen LogP contribution is 2.36. The fourth-order valence-corrected chi connectivity index (χ4v) is 2.93. The van der Waals surface area contributed by atoms with Crippen molar-refractivity contribution >= 4 is 29.6 Å².